The van der Waals surface area contributed by atoms with Gasteiger partial charge in [0.1, 0.15) is 0 Å². The third-order valence-corrected chi connectivity index (χ3v) is 3.81. The van der Waals surface area contributed by atoms with Crippen molar-refractivity contribution in [3.8, 4) is 12.1 Å². The van der Waals surface area contributed by atoms with Crippen molar-refractivity contribution in [3.05, 3.63) is 0 Å². The van der Waals surface area contributed by atoms with Gasteiger partial charge in [0.25, 0.3) is 0 Å². The molecule has 0 aromatic rings. The number of ether oxygens (including phenoxy) is 1. The van der Waals surface area contributed by atoms with E-state index < -0.39 is 0 Å². The van der Waals surface area contributed by atoms with Crippen LogP contribution in [-0.2, 0) is 4.74 Å². The zero-order valence-corrected chi connectivity index (χ0v) is 11.4. The molecule has 1 aliphatic carbocycles. The number of nitriles is 2. The third kappa shape index (κ3) is 4.29. The van der Waals surface area contributed by atoms with Crippen LogP contribution in [0.1, 0.15) is 32.6 Å². The predicted molar refractivity (Wildman–Crippen MR) is 69.6 cm³/mol. The minimum Gasteiger partial charge on any atom is -0.383 e. The van der Waals surface area contributed by atoms with Gasteiger partial charge in [0.05, 0.1) is 24.7 Å². The van der Waals surface area contributed by atoms with E-state index in [0.717, 1.165) is 32.4 Å². The van der Waals surface area contributed by atoms with Crippen LogP contribution in [0, 0.1) is 34.5 Å². The van der Waals surface area contributed by atoms with Crippen LogP contribution in [0.15, 0.2) is 0 Å². The van der Waals surface area contributed by atoms with Gasteiger partial charge in [-0.2, -0.15) is 10.5 Å². The van der Waals surface area contributed by atoms with Crippen LogP contribution in [0.4, 0.5) is 0 Å². The minimum absolute atomic E-state index is 0.108. The first-order chi connectivity index (χ1) is 8.72. The van der Waals surface area contributed by atoms with Crippen LogP contribution in [0.5, 0.6) is 0 Å². The summed E-state index contributed by atoms with van der Waals surface area (Å²) in [6.07, 6.45) is 3.71. The number of rotatable bonds is 6. The first-order valence-electron chi connectivity index (χ1n) is 6.72. The van der Waals surface area contributed by atoms with Crippen LogP contribution in [-0.4, -0.2) is 37.7 Å². The summed E-state index contributed by atoms with van der Waals surface area (Å²) in [6, 6.07) is 4.93. The summed E-state index contributed by atoms with van der Waals surface area (Å²) in [5.41, 5.74) is 0. The highest BCUT2D eigenvalue weighted by Crippen LogP contribution is 2.31. The molecular weight excluding hydrogens is 226 g/mol. The molecule has 0 aromatic carbocycles. The van der Waals surface area contributed by atoms with Crippen LogP contribution < -0.4 is 0 Å². The topological polar surface area (TPSA) is 60.0 Å². The van der Waals surface area contributed by atoms with Gasteiger partial charge in [-0.05, 0) is 25.2 Å². The molecule has 0 N–H and O–H groups in total. The minimum atomic E-state index is 0.108. The van der Waals surface area contributed by atoms with Gasteiger partial charge in [0, 0.05) is 32.7 Å². The van der Waals surface area contributed by atoms with E-state index in [1.54, 1.807) is 7.11 Å². The molecule has 0 aliphatic heterocycles. The van der Waals surface area contributed by atoms with Crippen molar-refractivity contribution in [1.82, 2.24) is 4.90 Å². The molecule has 4 nitrogen and oxygen atoms in total. The normalized spacial score (nSPS) is 27.7. The van der Waals surface area contributed by atoms with Crippen LogP contribution >= 0.6 is 0 Å². The van der Waals surface area contributed by atoms with Crippen molar-refractivity contribution in [2.75, 3.05) is 26.8 Å². The molecule has 3 atom stereocenters. The first-order valence-corrected chi connectivity index (χ1v) is 6.72. The average molecular weight is 249 g/mol. The summed E-state index contributed by atoms with van der Waals surface area (Å²) in [4.78, 5) is 2.27. The molecule has 3 unspecified atom stereocenters. The molecule has 1 rings (SSSR count). The Bertz CT molecular complexity index is 318. The zero-order chi connectivity index (χ0) is 13.4. The maximum absolute atomic E-state index is 9.27. The molecule has 0 amide bonds. The van der Waals surface area contributed by atoms with Gasteiger partial charge in [0.2, 0.25) is 0 Å². The average Bonchev–Trinajstić information content (AvgIpc) is 2.39. The van der Waals surface area contributed by atoms with Crippen LogP contribution in [0.3, 0.4) is 0 Å². The number of hydrogen-bond acceptors (Lipinski definition) is 4. The van der Waals surface area contributed by atoms with E-state index in [9.17, 15) is 5.26 Å². The van der Waals surface area contributed by atoms with E-state index in [-0.39, 0.29) is 5.92 Å². The van der Waals surface area contributed by atoms with Gasteiger partial charge in [-0.15, -0.1) is 0 Å². The summed E-state index contributed by atoms with van der Waals surface area (Å²) in [6.45, 7) is 4.47. The standard InChI is InChI=1S/C14H23N3O/c1-12-4-5-13(11-16)14(10-12)17(7-3-6-15)8-9-18-2/h12-14H,3-5,7-10H2,1-2H3. The van der Waals surface area contributed by atoms with Crippen molar-refractivity contribution in [3.63, 3.8) is 0 Å². The second-order valence-electron chi connectivity index (χ2n) is 5.16. The molecule has 0 saturated heterocycles. The van der Waals surface area contributed by atoms with Crippen LogP contribution in [0.25, 0.3) is 0 Å². The quantitative estimate of drug-likeness (QED) is 0.724. The first kappa shape index (κ1) is 15.0. The molecule has 1 fully saturated rings. The molecule has 0 aromatic heterocycles. The molecule has 100 valence electrons. The van der Waals surface area contributed by atoms with E-state index in [1.807, 2.05) is 0 Å². The van der Waals surface area contributed by atoms with Crippen molar-refractivity contribution in [2.24, 2.45) is 11.8 Å². The lowest BCUT2D eigenvalue weighted by atomic mass is 9.79. The van der Waals surface area contributed by atoms with Gasteiger partial charge >= 0.3 is 0 Å². The molecule has 0 radical (unpaired) electrons. The summed E-state index contributed by atoms with van der Waals surface area (Å²) in [7, 11) is 1.69. The Labute approximate surface area is 110 Å². The van der Waals surface area contributed by atoms with E-state index in [4.69, 9.17) is 10.00 Å². The molecule has 0 heterocycles. The van der Waals surface area contributed by atoms with Crippen molar-refractivity contribution >= 4 is 0 Å². The smallest absolute Gasteiger partial charge is 0.0672 e. The molecule has 0 bridgehead atoms. The molecule has 18 heavy (non-hydrogen) atoms. The lowest BCUT2D eigenvalue weighted by Crippen LogP contribution is -2.45. The monoisotopic (exact) mass is 249 g/mol. The van der Waals surface area contributed by atoms with Gasteiger partial charge < -0.3 is 4.74 Å². The summed E-state index contributed by atoms with van der Waals surface area (Å²) in [5, 5.41) is 18.0. The zero-order valence-electron chi connectivity index (χ0n) is 11.4. The third-order valence-electron chi connectivity index (χ3n) is 3.81. The maximum Gasteiger partial charge on any atom is 0.0672 e. The van der Waals surface area contributed by atoms with E-state index >= 15 is 0 Å². The van der Waals surface area contributed by atoms with Crippen molar-refractivity contribution in [1.29, 1.82) is 10.5 Å². The van der Waals surface area contributed by atoms with Gasteiger partial charge in [-0.1, -0.05) is 6.92 Å². The Hall–Kier alpha value is -1.10. The Morgan fingerprint density at radius 2 is 2.06 bits per heavy atom. The fourth-order valence-electron chi connectivity index (χ4n) is 2.75. The fraction of sp³-hybridized carbons (Fsp3) is 0.857. The predicted octanol–water partition coefficient (Wildman–Crippen LogP) is 2.18. The number of hydrogen-bond donors (Lipinski definition) is 0. The van der Waals surface area contributed by atoms with Crippen LogP contribution in [0.2, 0.25) is 0 Å². The summed E-state index contributed by atoms with van der Waals surface area (Å²) < 4.78 is 5.13. The Balaban J connectivity index is 2.67. The Morgan fingerprint density at radius 3 is 2.67 bits per heavy atom. The van der Waals surface area contributed by atoms with Gasteiger partial charge in [-0.3, -0.25) is 4.90 Å². The molecule has 0 spiro atoms. The molecule has 4 heteroatoms. The lowest BCUT2D eigenvalue weighted by Gasteiger charge is -2.39. The summed E-state index contributed by atoms with van der Waals surface area (Å²) >= 11 is 0. The van der Waals surface area contributed by atoms with E-state index in [2.05, 4.69) is 24.0 Å². The second kappa shape index (κ2) is 8.08. The molecule has 1 aliphatic rings. The summed E-state index contributed by atoms with van der Waals surface area (Å²) in [5.74, 6) is 0.781. The second-order valence-corrected chi connectivity index (χ2v) is 5.16. The fourth-order valence-corrected chi connectivity index (χ4v) is 2.75. The molecular formula is C14H23N3O. The van der Waals surface area contributed by atoms with E-state index in [0.29, 0.717) is 25.0 Å². The largest absolute Gasteiger partial charge is 0.383 e. The van der Waals surface area contributed by atoms with Gasteiger partial charge in [-0.25, -0.2) is 0 Å². The Morgan fingerprint density at radius 1 is 1.28 bits per heavy atom. The van der Waals surface area contributed by atoms with Gasteiger partial charge in [0.15, 0.2) is 0 Å². The number of nitrogens with zero attached hydrogens (tertiary/aromatic N) is 3. The number of methoxy groups -OCH3 is 1. The highest BCUT2D eigenvalue weighted by Gasteiger charge is 2.32. The highest BCUT2D eigenvalue weighted by molar-refractivity contribution is 4.97. The highest BCUT2D eigenvalue weighted by atomic mass is 16.5. The SMILES string of the molecule is COCCN(CCC#N)C1CC(C)CCC1C#N. The maximum atomic E-state index is 9.27. The van der Waals surface area contributed by atoms with E-state index in [1.165, 1.54) is 0 Å². The van der Waals surface area contributed by atoms with Crippen molar-refractivity contribution in [2.45, 2.75) is 38.6 Å². The van der Waals surface area contributed by atoms with Crippen molar-refractivity contribution < 1.29 is 4.74 Å². The molecule has 1 saturated carbocycles. The Kier molecular flexibility index (Phi) is 6.72. The lowest BCUT2D eigenvalue weighted by molar-refractivity contribution is 0.0745.